The van der Waals surface area contributed by atoms with Gasteiger partial charge in [0, 0.05) is 12.8 Å². The number of methoxy groups -OCH3 is 1. The predicted octanol–water partition coefficient (Wildman–Crippen LogP) is 2.72. The molecule has 0 bridgehead atoms. The van der Waals surface area contributed by atoms with Crippen molar-refractivity contribution in [1.29, 1.82) is 0 Å². The molecule has 0 saturated carbocycles. The molecule has 0 aliphatic heterocycles. The Balaban J connectivity index is 1.65. The second-order valence-corrected chi connectivity index (χ2v) is 7.07. The highest BCUT2D eigenvalue weighted by Gasteiger charge is 2.25. The Kier molecular flexibility index (Phi) is 6.12. The number of nitrogens with one attached hydrogen (secondary N) is 1. The second-order valence-electron chi connectivity index (χ2n) is 7.07. The van der Waals surface area contributed by atoms with E-state index in [9.17, 15) is 9.59 Å². The van der Waals surface area contributed by atoms with Crippen LogP contribution in [0, 0.1) is 0 Å². The maximum absolute atomic E-state index is 12.6. The van der Waals surface area contributed by atoms with Gasteiger partial charge in [0.05, 0.1) is 7.11 Å². The van der Waals surface area contributed by atoms with Crippen molar-refractivity contribution in [2.24, 2.45) is 5.73 Å². The van der Waals surface area contributed by atoms with E-state index >= 15 is 0 Å². The van der Waals surface area contributed by atoms with Gasteiger partial charge in [0.1, 0.15) is 11.8 Å². The number of fused-ring (bicyclic) bond motifs is 1. The molecule has 2 amide bonds. The maximum Gasteiger partial charge on any atom is 0.240 e. The van der Waals surface area contributed by atoms with Gasteiger partial charge in [0.2, 0.25) is 11.8 Å². The van der Waals surface area contributed by atoms with E-state index in [-0.39, 0.29) is 11.8 Å². The monoisotopic (exact) mass is 366 g/mol. The van der Waals surface area contributed by atoms with Gasteiger partial charge in [0.15, 0.2) is 0 Å². The molecule has 2 atom stereocenters. The summed E-state index contributed by atoms with van der Waals surface area (Å²) in [6.45, 7) is 0. The van der Waals surface area contributed by atoms with Crippen LogP contribution in [0.5, 0.6) is 5.75 Å². The first-order chi connectivity index (χ1) is 13.1. The zero-order chi connectivity index (χ0) is 19.2. The highest BCUT2D eigenvalue weighted by molar-refractivity contribution is 5.87. The van der Waals surface area contributed by atoms with E-state index in [2.05, 4.69) is 17.4 Å². The fourth-order valence-electron chi connectivity index (χ4n) is 3.78. The molecule has 0 saturated heterocycles. The lowest BCUT2D eigenvalue weighted by Crippen LogP contribution is -2.46. The van der Waals surface area contributed by atoms with Gasteiger partial charge in [-0.05, 0) is 54.0 Å². The minimum atomic E-state index is -0.696. The van der Waals surface area contributed by atoms with E-state index in [1.54, 1.807) is 7.11 Å². The lowest BCUT2D eigenvalue weighted by atomic mass is 9.81. The Hall–Kier alpha value is -2.82. The second kappa shape index (κ2) is 8.71. The molecular weight excluding hydrogens is 340 g/mol. The number of hydrogen-bond acceptors (Lipinski definition) is 3. The van der Waals surface area contributed by atoms with Crippen LogP contribution in [-0.2, 0) is 22.4 Å². The highest BCUT2D eigenvalue weighted by atomic mass is 16.5. The van der Waals surface area contributed by atoms with Crippen molar-refractivity contribution in [3.63, 3.8) is 0 Å². The van der Waals surface area contributed by atoms with Crippen LogP contribution in [0.4, 0.5) is 0 Å². The van der Waals surface area contributed by atoms with E-state index < -0.39 is 11.9 Å². The minimum Gasteiger partial charge on any atom is -0.497 e. The van der Waals surface area contributed by atoms with Crippen LogP contribution in [0.2, 0.25) is 0 Å². The summed E-state index contributed by atoms with van der Waals surface area (Å²) in [7, 11) is 1.66. The molecule has 3 rings (SSSR count). The van der Waals surface area contributed by atoms with Crippen molar-refractivity contribution >= 4 is 11.8 Å². The molecule has 27 heavy (non-hydrogen) atoms. The normalized spacial score (nSPS) is 16.9. The van der Waals surface area contributed by atoms with Crippen LogP contribution in [0.25, 0.3) is 0 Å². The highest BCUT2D eigenvalue weighted by Crippen LogP contribution is 2.35. The van der Waals surface area contributed by atoms with Crippen LogP contribution < -0.4 is 15.8 Å². The van der Waals surface area contributed by atoms with Gasteiger partial charge in [-0.15, -0.1) is 0 Å². The first-order valence-electron chi connectivity index (χ1n) is 9.36. The SMILES string of the molecule is COc1ccc2c(c1)CCCC2CC(=O)NC(Cc1ccccc1)C(N)=O. The summed E-state index contributed by atoms with van der Waals surface area (Å²) in [6, 6.07) is 14.9. The van der Waals surface area contributed by atoms with Gasteiger partial charge in [0.25, 0.3) is 0 Å². The topological polar surface area (TPSA) is 81.4 Å². The van der Waals surface area contributed by atoms with Crippen molar-refractivity contribution in [2.45, 2.75) is 44.1 Å². The Morgan fingerprint density at radius 1 is 1.22 bits per heavy atom. The van der Waals surface area contributed by atoms with Crippen LogP contribution in [0.3, 0.4) is 0 Å². The van der Waals surface area contributed by atoms with Gasteiger partial charge >= 0.3 is 0 Å². The first-order valence-corrected chi connectivity index (χ1v) is 9.36. The standard InChI is InChI=1S/C22H26N2O3/c1-27-18-10-11-19-16(13-18)8-5-9-17(19)14-21(25)24-20(22(23)26)12-15-6-3-2-4-7-15/h2-4,6-7,10-11,13,17,20H,5,8-9,12,14H2,1H3,(H2,23,26)(H,24,25). The van der Waals surface area contributed by atoms with Crippen molar-refractivity contribution < 1.29 is 14.3 Å². The summed E-state index contributed by atoms with van der Waals surface area (Å²) >= 11 is 0. The summed E-state index contributed by atoms with van der Waals surface area (Å²) < 4.78 is 5.30. The Morgan fingerprint density at radius 2 is 2.00 bits per heavy atom. The van der Waals surface area contributed by atoms with Crippen LogP contribution in [-0.4, -0.2) is 25.0 Å². The van der Waals surface area contributed by atoms with Gasteiger partial charge < -0.3 is 15.8 Å². The molecular formula is C22H26N2O3. The largest absolute Gasteiger partial charge is 0.497 e. The molecule has 1 aliphatic carbocycles. The fourth-order valence-corrected chi connectivity index (χ4v) is 3.78. The van der Waals surface area contributed by atoms with Crippen LogP contribution >= 0.6 is 0 Å². The van der Waals surface area contributed by atoms with Gasteiger partial charge in [-0.3, -0.25) is 9.59 Å². The molecule has 5 nitrogen and oxygen atoms in total. The molecule has 5 heteroatoms. The van der Waals surface area contributed by atoms with Crippen molar-refractivity contribution in [2.75, 3.05) is 7.11 Å². The molecule has 0 aromatic heterocycles. The number of nitrogens with two attached hydrogens (primary N) is 1. The summed E-state index contributed by atoms with van der Waals surface area (Å²) in [6.07, 6.45) is 3.77. The summed E-state index contributed by atoms with van der Waals surface area (Å²) in [4.78, 5) is 24.4. The number of carbonyl (C=O) groups is 2. The average molecular weight is 366 g/mol. The molecule has 1 aliphatic rings. The quantitative estimate of drug-likeness (QED) is 0.790. The van der Waals surface area contributed by atoms with Gasteiger partial charge in [-0.1, -0.05) is 36.4 Å². The summed E-state index contributed by atoms with van der Waals surface area (Å²) in [5, 5.41) is 2.83. The predicted molar refractivity (Wildman–Crippen MR) is 105 cm³/mol. The zero-order valence-electron chi connectivity index (χ0n) is 15.6. The third-order valence-electron chi connectivity index (χ3n) is 5.18. The number of aryl methyl sites for hydroxylation is 1. The van der Waals surface area contributed by atoms with E-state index in [0.29, 0.717) is 12.8 Å². The van der Waals surface area contributed by atoms with E-state index in [4.69, 9.17) is 10.5 Å². The molecule has 3 N–H and O–H groups in total. The third-order valence-corrected chi connectivity index (χ3v) is 5.18. The summed E-state index contributed by atoms with van der Waals surface area (Å²) in [5.74, 6) is 0.352. The number of benzene rings is 2. The summed E-state index contributed by atoms with van der Waals surface area (Å²) in [5.41, 5.74) is 8.93. The van der Waals surface area contributed by atoms with Crippen molar-refractivity contribution in [3.8, 4) is 5.75 Å². The zero-order valence-corrected chi connectivity index (χ0v) is 15.6. The smallest absolute Gasteiger partial charge is 0.240 e. The molecule has 0 radical (unpaired) electrons. The Morgan fingerprint density at radius 3 is 2.70 bits per heavy atom. The molecule has 0 heterocycles. The minimum absolute atomic E-state index is 0.136. The number of amides is 2. The first kappa shape index (κ1) is 19.0. The van der Waals surface area contributed by atoms with Gasteiger partial charge in [-0.2, -0.15) is 0 Å². The maximum atomic E-state index is 12.6. The lowest BCUT2D eigenvalue weighted by Gasteiger charge is -2.26. The molecule has 2 aromatic rings. The lowest BCUT2D eigenvalue weighted by molar-refractivity contribution is -0.127. The number of rotatable bonds is 7. The molecule has 0 fully saturated rings. The number of hydrogen-bond donors (Lipinski definition) is 2. The molecule has 0 spiro atoms. The Labute approximate surface area is 159 Å². The average Bonchev–Trinajstić information content (AvgIpc) is 2.68. The van der Waals surface area contributed by atoms with Crippen LogP contribution in [0.15, 0.2) is 48.5 Å². The van der Waals surface area contributed by atoms with Crippen molar-refractivity contribution in [3.05, 3.63) is 65.2 Å². The van der Waals surface area contributed by atoms with Crippen molar-refractivity contribution in [1.82, 2.24) is 5.32 Å². The number of carbonyl (C=O) groups excluding carboxylic acids is 2. The number of ether oxygens (including phenoxy) is 1. The van der Waals surface area contributed by atoms with Gasteiger partial charge in [-0.25, -0.2) is 0 Å². The van der Waals surface area contributed by atoms with E-state index in [1.165, 1.54) is 11.1 Å². The fraction of sp³-hybridized carbons (Fsp3) is 0.364. The number of primary amides is 1. The third kappa shape index (κ3) is 4.88. The van der Waals surface area contributed by atoms with Crippen LogP contribution in [0.1, 0.15) is 41.9 Å². The molecule has 142 valence electrons. The molecule has 2 unspecified atom stereocenters. The van der Waals surface area contributed by atoms with E-state index in [1.807, 2.05) is 36.4 Å². The Bertz CT molecular complexity index is 804. The van der Waals surface area contributed by atoms with E-state index in [0.717, 1.165) is 30.6 Å². The molecule has 2 aromatic carbocycles.